The van der Waals surface area contributed by atoms with E-state index in [9.17, 15) is 9.59 Å². The predicted molar refractivity (Wildman–Crippen MR) is 138 cm³/mol. The Morgan fingerprint density at radius 2 is 1.66 bits per heavy atom. The van der Waals surface area contributed by atoms with Crippen molar-refractivity contribution in [2.45, 2.75) is 50.9 Å². The summed E-state index contributed by atoms with van der Waals surface area (Å²) < 4.78 is 2.06. The van der Waals surface area contributed by atoms with Crippen LogP contribution in [0.4, 0.5) is 0 Å². The van der Waals surface area contributed by atoms with Gasteiger partial charge in [-0.25, -0.2) is 0 Å². The maximum absolute atomic E-state index is 13.3. The zero-order valence-electron chi connectivity index (χ0n) is 20.5. The lowest BCUT2D eigenvalue weighted by Crippen LogP contribution is -2.49. The Morgan fingerprint density at radius 3 is 2.31 bits per heavy atom. The third-order valence-electron chi connectivity index (χ3n) is 6.41. The third-order valence-corrected chi connectivity index (χ3v) is 7.36. The van der Waals surface area contributed by atoms with E-state index in [1.165, 1.54) is 17.3 Å². The Kier molecular flexibility index (Phi) is 8.58. The van der Waals surface area contributed by atoms with E-state index >= 15 is 0 Å². The maximum Gasteiger partial charge on any atom is 0.253 e. The van der Waals surface area contributed by atoms with Crippen LogP contribution in [0.1, 0.15) is 47.9 Å². The first kappa shape index (κ1) is 25.0. The van der Waals surface area contributed by atoms with Gasteiger partial charge in [0, 0.05) is 31.2 Å². The summed E-state index contributed by atoms with van der Waals surface area (Å²) in [6.07, 6.45) is 2.51. The average Bonchev–Trinajstić information content (AvgIpc) is 3.25. The molecule has 0 saturated carbocycles. The van der Waals surface area contributed by atoms with Crippen molar-refractivity contribution in [2.24, 2.45) is 0 Å². The Bertz CT molecular complexity index is 1110. The second kappa shape index (κ2) is 12.0. The topological polar surface area (TPSA) is 71.3 Å². The monoisotopic (exact) mass is 491 g/mol. The van der Waals surface area contributed by atoms with E-state index in [0.717, 1.165) is 42.4 Å². The van der Waals surface area contributed by atoms with E-state index < -0.39 is 0 Å². The number of benzene rings is 2. The standard InChI is InChI=1S/C27H33N5O2S/c1-3-16-31(24-14-17-30(18-15-24)26(34)23-12-8-5-9-13-23)25(33)20-35-27-29-28-21(2)32(27)19-22-10-6-4-7-11-22/h4-13,24H,3,14-20H2,1-2H3. The summed E-state index contributed by atoms with van der Waals surface area (Å²) in [7, 11) is 0. The molecule has 2 amide bonds. The molecule has 1 aromatic heterocycles. The van der Waals surface area contributed by atoms with Crippen LogP contribution in [0.5, 0.6) is 0 Å². The highest BCUT2D eigenvalue weighted by atomic mass is 32.2. The second-order valence-electron chi connectivity index (χ2n) is 8.87. The molecular weight excluding hydrogens is 458 g/mol. The summed E-state index contributed by atoms with van der Waals surface area (Å²) in [6.45, 7) is 6.79. The van der Waals surface area contributed by atoms with E-state index in [4.69, 9.17) is 0 Å². The van der Waals surface area contributed by atoms with Crippen LogP contribution in [0, 0.1) is 6.92 Å². The van der Waals surface area contributed by atoms with Crippen LogP contribution >= 0.6 is 11.8 Å². The maximum atomic E-state index is 13.3. The van der Waals surface area contributed by atoms with Gasteiger partial charge in [-0.15, -0.1) is 10.2 Å². The van der Waals surface area contributed by atoms with Gasteiger partial charge in [-0.3, -0.25) is 9.59 Å². The van der Waals surface area contributed by atoms with Crippen molar-refractivity contribution in [3.05, 3.63) is 77.6 Å². The average molecular weight is 492 g/mol. The number of thioether (sulfide) groups is 1. The fourth-order valence-corrected chi connectivity index (χ4v) is 5.39. The molecule has 1 aliphatic rings. The van der Waals surface area contributed by atoms with Gasteiger partial charge in [-0.1, -0.05) is 67.2 Å². The first-order valence-electron chi connectivity index (χ1n) is 12.3. The highest BCUT2D eigenvalue weighted by Gasteiger charge is 2.29. The number of amides is 2. The van der Waals surface area contributed by atoms with Gasteiger partial charge < -0.3 is 14.4 Å². The molecule has 2 heterocycles. The molecule has 0 N–H and O–H groups in total. The first-order valence-corrected chi connectivity index (χ1v) is 13.3. The van der Waals surface area contributed by atoms with Crippen molar-refractivity contribution in [3.8, 4) is 0 Å². The number of aryl methyl sites for hydroxylation is 1. The summed E-state index contributed by atoms with van der Waals surface area (Å²) in [5.74, 6) is 1.36. The minimum atomic E-state index is 0.0705. The molecule has 0 unspecified atom stereocenters. The van der Waals surface area contributed by atoms with Crippen molar-refractivity contribution < 1.29 is 9.59 Å². The molecule has 0 bridgehead atoms. The number of aromatic nitrogens is 3. The van der Waals surface area contributed by atoms with Crippen molar-refractivity contribution in [1.82, 2.24) is 24.6 Å². The number of carbonyl (C=O) groups is 2. The minimum absolute atomic E-state index is 0.0705. The van der Waals surface area contributed by atoms with Crippen molar-refractivity contribution >= 4 is 23.6 Å². The molecule has 1 saturated heterocycles. The fourth-order valence-electron chi connectivity index (χ4n) is 4.52. The zero-order valence-corrected chi connectivity index (χ0v) is 21.3. The smallest absolute Gasteiger partial charge is 0.253 e. The van der Waals surface area contributed by atoms with E-state index in [2.05, 4.69) is 33.8 Å². The molecule has 0 aliphatic carbocycles. The van der Waals surface area contributed by atoms with E-state index in [1.807, 2.05) is 65.3 Å². The molecule has 0 spiro atoms. The Labute approximate surface area is 211 Å². The van der Waals surface area contributed by atoms with Crippen LogP contribution in [0.2, 0.25) is 0 Å². The second-order valence-corrected chi connectivity index (χ2v) is 9.81. The van der Waals surface area contributed by atoms with Crippen molar-refractivity contribution in [1.29, 1.82) is 0 Å². The summed E-state index contributed by atoms with van der Waals surface area (Å²) in [5, 5.41) is 9.33. The number of hydrogen-bond donors (Lipinski definition) is 0. The molecule has 7 nitrogen and oxygen atoms in total. The zero-order chi connectivity index (χ0) is 24.6. The lowest BCUT2D eigenvalue weighted by molar-refractivity contribution is -0.131. The number of hydrogen-bond acceptors (Lipinski definition) is 5. The van der Waals surface area contributed by atoms with Gasteiger partial charge in [-0.2, -0.15) is 0 Å². The number of carbonyl (C=O) groups excluding carboxylic acids is 2. The van der Waals surface area contributed by atoms with Crippen LogP contribution in [0.15, 0.2) is 65.8 Å². The number of piperidine rings is 1. The van der Waals surface area contributed by atoms with E-state index in [-0.39, 0.29) is 17.9 Å². The Morgan fingerprint density at radius 1 is 1.00 bits per heavy atom. The van der Waals surface area contributed by atoms with Gasteiger partial charge in [0.05, 0.1) is 12.3 Å². The van der Waals surface area contributed by atoms with Crippen LogP contribution < -0.4 is 0 Å². The molecule has 184 valence electrons. The molecule has 0 radical (unpaired) electrons. The highest BCUT2D eigenvalue weighted by Crippen LogP contribution is 2.23. The number of rotatable bonds is 9. The number of nitrogens with zero attached hydrogens (tertiary/aromatic N) is 5. The van der Waals surface area contributed by atoms with Crippen LogP contribution in [-0.4, -0.2) is 67.8 Å². The third kappa shape index (κ3) is 6.31. The molecule has 8 heteroatoms. The summed E-state index contributed by atoms with van der Waals surface area (Å²) in [4.78, 5) is 30.0. The van der Waals surface area contributed by atoms with Crippen molar-refractivity contribution in [2.75, 3.05) is 25.4 Å². The molecule has 1 aliphatic heterocycles. The molecule has 0 atom stereocenters. The normalized spacial score (nSPS) is 14.2. The lowest BCUT2D eigenvalue weighted by atomic mass is 10.0. The van der Waals surface area contributed by atoms with Gasteiger partial charge in [0.2, 0.25) is 5.91 Å². The fraction of sp³-hybridized carbons (Fsp3) is 0.407. The SMILES string of the molecule is CCCN(C(=O)CSc1nnc(C)n1Cc1ccccc1)C1CCN(C(=O)c2ccccc2)CC1. The summed E-state index contributed by atoms with van der Waals surface area (Å²) in [6, 6.07) is 19.8. The van der Waals surface area contributed by atoms with Crippen molar-refractivity contribution in [3.63, 3.8) is 0 Å². The molecule has 3 aromatic rings. The largest absolute Gasteiger partial charge is 0.339 e. The minimum Gasteiger partial charge on any atom is -0.339 e. The Hall–Kier alpha value is -3.13. The van der Waals surface area contributed by atoms with Gasteiger partial charge >= 0.3 is 0 Å². The summed E-state index contributed by atoms with van der Waals surface area (Å²) >= 11 is 1.45. The summed E-state index contributed by atoms with van der Waals surface area (Å²) in [5.41, 5.74) is 1.90. The van der Waals surface area contributed by atoms with Gasteiger partial charge in [-0.05, 0) is 43.9 Å². The van der Waals surface area contributed by atoms with E-state index in [0.29, 0.717) is 25.4 Å². The molecule has 2 aromatic carbocycles. The van der Waals surface area contributed by atoms with E-state index in [1.54, 1.807) is 0 Å². The van der Waals surface area contributed by atoms with Crippen LogP contribution in [-0.2, 0) is 11.3 Å². The Balaban J connectivity index is 1.35. The molecule has 4 rings (SSSR count). The van der Waals surface area contributed by atoms with Gasteiger partial charge in [0.1, 0.15) is 5.82 Å². The molecule has 35 heavy (non-hydrogen) atoms. The first-order chi connectivity index (χ1) is 17.1. The van der Waals surface area contributed by atoms with Gasteiger partial charge in [0.15, 0.2) is 5.16 Å². The number of likely N-dealkylation sites (tertiary alicyclic amines) is 1. The quantitative estimate of drug-likeness (QED) is 0.418. The van der Waals surface area contributed by atoms with Crippen LogP contribution in [0.25, 0.3) is 0 Å². The molecule has 1 fully saturated rings. The lowest BCUT2D eigenvalue weighted by Gasteiger charge is -2.38. The predicted octanol–water partition coefficient (Wildman–Crippen LogP) is 4.27. The highest BCUT2D eigenvalue weighted by molar-refractivity contribution is 7.99. The molecular formula is C27H33N5O2S. The van der Waals surface area contributed by atoms with Crippen LogP contribution in [0.3, 0.4) is 0 Å². The van der Waals surface area contributed by atoms with Gasteiger partial charge in [0.25, 0.3) is 5.91 Å².